The molecule has 0 spiro atoms. The van der Waals surface area contributed by atoms with E-state index in [0.717, 1.165) is 32.3 Å². The summed E-state index contributed by atoms with van der Waals surface area (Å²) in [6, 6.07) is 15.7. The minimum absolute atomic E-state index is 0.710. The number of nitrogens with one attached hydrogen (secondary N) is 2. The maximum Gasteiger partial charge on any atom is 0.210 e. The number of hydrogen-bond acceptors (Lipinski definition) is 4. The van der Waals surface area contributed by atoms with E-state index in [1.165, 1.54) is 11.3 Å². The van der Waals surface area contributed by atoms with Crippen LogP contribution in [0.15, 0.2) is 54.7 Å². The second-order valence-electron chi connectivity index (χ2n) is 4.79. The lowest BCUT2D eigenvalue weighted by molar-refractivity contribution is 1.10. The second-order valence-corrected chi connectivity index (χ2v) is 6.21. The van der Waals surface area contributed by atoms with Gasteiger partial charge >= 0.3 is 0 Å². The molecule has 0 amide bonds. The van der Waals surface area contributed by atoms with Gasteiger partial charge in [-0.15, -0.1) is 10.2 Å². The molecule has 4 aromatic rings. The fraction of sp³-hybridized carbons (Fsp3) is 0. The van der Waals surface area contributed by atoms with Gasteiger partial charge in [-0.1, -0.05) is 41.1 Å². The van der Waals surface area contributed by atoms with E-state index in [-0.39, 0.29) is 0 Å². The van der Waals surface area contributed by atoms with E-state index < -0.39 is 0 Å². The lowest BCUT2D eigenvalue weighted by Gasteiger charge is -2.00. The third-order valence-corrected chi connectivity index (χ3v) is 4.46. The van der Waals surface area contributed by atoms with Crippen LogP contribution in [0.3, 0.4) is 0 Å². The van der Waals surface area contributed by atoms with Gasteiger partial charge in [-0.25, -0.2) is 0 Å². The number of para-hydroxylation sites is 1. The summed E-state index contributed by atoms with van der Waals surface area (Å²) < 4.78 is 0. The molecular formula is C16H11ClN4S. The topological polar surface area (TPSA) is 53.6 Å². The van der Waals surface area contributed by atoms with Crippen LogP contribution in [0.4, 0.5) is 10.8 Å². The summed E-state index contributed by atoms with van der Waals surface area (Å²) in [5.74, 6) is 0. The molecule has 0 fully saturated rings. The molecule has 0 atom stereocenters. The summed E-state index contributed by atoms with van der Waals surface area (Å²) in [5, 5.41) is 15.2. The van der Waals surface area contributed by atoms with Crippen LogP contribution < -0.4 is 5.32 Å². The lowest BCUT2D eigenvalue weighted by atomic mass is 10.2. The number of hydrogen-bond donors (Lipinski definition) is 2. The summed E-state index contributed by atoms with van der Waals surface area (Å²) in [4.78, 5) is 3.26. The van der Waals surface area contributed by atoms with Crippen molar-refractivity contribution in [1.29, 1.82) is 0 Å². The number of aromatic amines is 1. The zero-order valence-electron chi connectivity index (χ0n) is 11.4. The molecule has 2 aromatic carbocycles. The first-order valence-corrected chi connectivity index (χ1v) is 7.91. The van der Waals surface area contributed by atoms with Gasteiger partial charge < -0.3 is 10.3 Å². The Balaban J connectivity index is 1.65. The van der Waals surface area contributed by atoms with Crippen LogP contribution in [0.25, 0.3) is 21.5 Å². The van der Waals surface area contributed by atoms with Crippen molar-refractivity contribution in [3.8, 4) is 10.6 Å². The Kier molecular flexibility index (Phi) is 3.29. The first kappa shape index (κ1) is 13.3. The highest BCUT2D eigenvalue weighted by Gasteiger charge is 2.11. The third-order valence-electron chi connectivity index (χ3n) is 3.34. The molecule has 0 saturated carbocycles. The quantitative estimate of drug-likeness (QED) is 0.551. The Morgan fingerprint density at radius 2 is 1.82 bits per heavy atom. The molecule has 2 heterocycles. The fourth-order valence-electron chi connectivity index (χ4n) is 2.29. The smallest absolute Gasteiger partial charge is 0.210 e. The molecule has 0 saturated heterocycles. The normalized spacial score (nSPS) is 11.0. The molecule has 6 heteroatoms. The number of nitrogens with zero attached hydrogens (tertiary/aromatic N) is 2. The Morgan fingerprint density at radius 1 is 1.00 bits per heavy atom. The summed E-state index contributed by atoms with van der Waals surface area (Å²) >= 11 is 7.40. The second kappa shape index (κ2) is 5.44. The highest BCUT2D eigenvalue weighted by Crippen LogP contribution is 2.33. The predicted octanol–water partition coefficient (Wildman–Crippen LogP) is 5.08. The monoisotopic (exact) mass is 326 g/mol. The van der Waals surface area contributed by atoms with Crippen molar-refractivity contribution >= 4 is 44.7 Å². The van der Waals surface area contributed by atoms with E-state index in [9.17, 15) is 0 Å². The molecule has 4 nitrogen and oxygen atoms in total. The van der Waals surface area contributed by atoms with Crippen LogP contribution in [0.5, 0.6) is 0 Å². The number of halogens is 1. The molecule has 0 aliphatic heterocycles. The number of fused-ring (bicyclic) bond motifs is 1. The average Bonchev–Trinajstić information content (AvgIpc) is 3.16. The zero-order chi connectivity index (χ0) is 14.9. The molecule has 0 aliphatic rings. The van der Waals surface area contributed by atoms with E-state index in [1.807, 2.05) is 48.7 Å². The molecule has 0 radical (unpaired) electrons. The number of anilines is 2. The molecule has 0 bridgehead atoms. The van der Waals surface area contributed by atoms with Gasteiger partial charge in [0.1, 0.15) is 0 Å². The fourth-order valence-corrected chi connectivity index (χ4v) is 3.21. The molecule has 0 unspecified atom stereocenters. The van der Waals surface area contributed by atoms with Gasteiger partial charge in [0, 0.05) is 33.4 Å². The van der Waals surface area contributed by atoms with Crippen molar-refractivity contribution in [1.82, 2.24) is 15.2 Å². The maximum atomic E-state index is 5.89. The number of aromatic nitrogens is 3. The van der Waals surface area contributed by atoms with E-state index in [1.54, 1.807) is 0 Å². The molecule has 22 heavy (non-hydrogen) atoms. The van der Waals surface area contributed by atoms with Crippen molar-refractivity contribution in [2.75, 3.05) is 5.32 Å². The van der Waals surface area contributed by atoms with Gasteiger partial charge in [0.05, 0.1) is 0 Å². The van der Waals surface area contributed by atoms with Crippen LogP contribution in [0.1, 0.15) is 0 Å². The van der Waals surface area contributed by atoms with Crippen LogP contribution in [0, 0.1) is 0 Å². The number of benzene rings is 2. The minimum atomic E-state index is 0.710. The van der Waals surface area contributed by atoms with Crippen molar-refractivity contribution in [3.63, 3.8) is 0 Å². The largest absolute Gasteiger partial charge is 0.360 e. The average molecular weight is 327 g/mol. The molecule has 2 N–H and O–H groups in total. The van der Waals surface area contributed by atoms with Gasteiger partial charge in [0.15, 0.2) is 5.01 Å². The molecule has 0 aliphatic carbocycles. The van der Waals surface area contributed by atoms with E-state index >= 15 is 0 Å². The summed E-state index contributed by atoms with van der Waals surface area (Å²) in [5.41, 5.74) is 3.10. The summed E-state index contributed by atoms with van der Waals surface area (Å²) in [6.07, 6.45) is 1.97. The van der Waals surface area contributed by atoms with Crippen molar-refractivity contribution in [2.24, 2.45) is 0 Å². The summed E-state index contributed by atoms with van der Waals surface area (Å²) in [6.45, 7) is 0. The first-order chi connectivity index (χ1) is 10.8. The van der Waals surface area contributed by atoms with Crippen LogP contribution in [-0.2, 0) is 0 Å². The standard InChI is InChI=1S/C16H11ClN4S/c17-10-5-7-11(8-6-10)19-16-21-20-15(22-16)13-9-18-14-4-2-1-3-12(13)14/h1-9,18H,(H,19,21). The van der Waals surface area contributed by atoms with Crippen molar-refractivity contribution in [3.05, 3.63) is 59.8 Å². The molecule has 2 aromatic heterocycles. The van der Waals surface area contributed by atoms with Crippen LogP contribution in [0.2, 0.25) is 5.02 Å². The third kappa shape index (κ3) is 2.45. The van der Waals surface area contributed by atoms with Gasteiger partial charge in [-0.3, -0.25) is 0 Å². The van der Waals surface area contributed by atoms with Gasteiger partial charge in [-0.2, -0.15) is 0 Å². The predicted molar refractivity (Wildman–Crippen MR) is 91.9 cm³/mol. The van der Waals surface area contributed by atoms with E-state index in [2.05, 4.69) is 26.6 Å². The lowest BCUT2D eigenvalue weighted by Crippen LogP contribution is -1.88. The zero-order valence-corrected chi connectivity index (χ0v) is 12.9. The Hall–Kier alpha value is -2.37. The van der Waals surface area contributed by atoms with Crippen molar-refractivity contribution < 1.29 is 0 Å². The first-order valence-electron chi connectivity index (χ1n) is 6.72. The van der Waals surface area contributed by atoms with Crippen molar-refractivity contribution in [2.45, 2.75) is 0 Å². The molecule has 108 valence electrons. The van der Waals surface area contributed by atoms with E-state index in [4.69, 9.17) is 11.6 Å². The highest BCUT2D eigenvalue weighted by atomic mass is 35.5. The molecule has 4 rings (SSSR count). The number of rotatable bonds is 3. The van der Waals surface area contributed by atoms with Gasteiger partial charge in [0.2, 0.25) is 5.13 Å². The Bertz CT molecular complexity index is 927. The SMILES string of the molecule is Clc1ccc(Nc2nnc(-c3c[nH]c4ccccc34)s2)cc1. The van der Waals surface area contributed by atoms with Crippen LogP contribution >= 0.6 is 22.9 Å². The van der Waals surface area contributed by atoms with Crippen LogP contribution in [-0.4, -0.2) is 15.2 Å². The Morgan fingerprint density at radius 3 is 2.68 bits per heavy atom. The number of H-pyrrole nitrogens is 1. The van der Waals surface area contributed by atoms with E-state index in [0.29, 0.717) is 5.02 Å². The summed E-state index contributed by atoms with van der Waals surface area (Å²) in [7, 11) is 0. The minimum Gasteiger partial charge on any atom is -0.360 e. The van der Waals surface area contributed by atoms with Gasteiger partial charge in [-0.05, 0) is 30.3 Å². The highest BCUT2D eigenvalue weighted by molar-refractivity contribution is 7.18. The molecular weight excluding hydrogens is 316 g/mol. The van der Waals surface area contributed by atoms with Gasteiger partial charge in [0.25, 0.3) is 0 Å². The maximum absolute atomic E-state index is 5.89. The Labute approximate surface area is 135 Å².